The summed E-state index contributed by atoms with van der Waals surface area (Å²) in [7, 11) is 4.15. The van der Waals surface area contributed by atoms with Crippen LogP contribution in [0.4, 0.5) is 0 Å². The average molecular weight is 355 g/mol. The maximum atomic E-state index is 12.9. The Hall–Kier alpha value is -0.770. The molecule has 2 fully saturated rings. The molecule has 3 nitrogen and oxygen atoms in total. The van der Waals surface area contributed by atoms with Gasteiger partial charge in [-0.05, 0) is 44.5 Å². The fourth-order valence-corrected chi connectivity index (χ4v) is 4.77. The Morgan fingerprint density at radius 2 is 1.91 bits per heavy atom. The van der Waals surface area contributed by atoms with Crippen LogP contribution in [0.15, 0.2) is 18.2 Å². The summed E-state index contributed by atoms with van der Waals surface area (Å²) in [5, 5.41) is 0.914. The first-order valence-electron chi connectivity index (χ1n) is 8.39. The molecule has 1 aromatic carbocycles. The summed E-state index contributed by atoms with van der Waals surface area (Å²) in [5.74, 6) is 0.0359. The number of halogens is 2. The van der Waals surface area contributed by atoms with Gasteiger partial charge in [0.2, 0.25) is 0 Å². The van der Waals surface area contributed by atoms with Gasteiger partial charge in [0.1, 0.15) is 0 Å². The molecule has 0 N–H and O–H groups in total. The quantitative estimate of drug-likeness (QED) is 0.781. The molecule has 1 aromatic rings. The lowest BCUT2D eigenvalue weighted by Gasteiger charge is -2.46. The Labute approximate surface area is 148 Å². The van der Waals surface area contributed by atoms with Gasteiger partial charge in [-0.1, -0.05) is 42.5 Å². The van der Waals surface area contributed by atoms with Crippen molar-refractivity contribution in [1.29, 1.82) is 0 Å². The van der Waals surface area contributed by atoms with Crippen LogP contribution in [-0.2, 0) is 0 Å². The van der Waals surface area contributed by atoms with Crippen LogP contribution in [0, 0.1) is 0 Å². The third-order valence-corrected chi connectivity index (χ3v) is 6.53. The number of amides is 1. The van der Waals surface area contributed by atoms with Gasteiger partial charge < -0.3 is 4.90 Å². The molecule has 2 aliphatic rings. The molecule has 1 saturated heterocycles. The van der Waals surface area contributed by atoms with Crippen LogP contribution >= 0.6 is 23.2 Å². The first-order valence-corrected chi connectivity index (χ1v) is 9.15. The lowest BCUT2D eigenvalue weighted by Crippen LogP contribution is -2.56. The molecule has 1 aliphatic carbocycles. The highest BCUT2D eigenvalue weighted by Crippen LogP contribution is 2.43. The molecule has 3 rings (SSSR count). The van der Waals surface area contributed by atoms with Gasteiger partial charge in [-0.3, -0.25) is 9.69 Å². The summed E-state index contributed by atoms with van der Waals surface area (Å²) in [6.07, 6.45) is 7.25. The lowest BCUT2D eigenvalue weighted by molar-refractivity contribution is 0.0378. The molecule has 1 aliphatic heterocycles. The van der Waals surface area contributed by atoms with Crippen molar-refractivity contribution in [2.45, 2.75) is 50.1 Å². The zero-order valence-electron chi connectivity index (χ0n) is 13.8. The Morgan fingerprint density at radius 3 is 2.57 bits per heavy atom. The van der Waals surface area contributed by atoms with E-state index < -0.39 is 0 Å². The normalized spacial score (nSPS) is 24.1. The molecule has 0 aromatic heterocycles. The van der Waals surface area contributed by atoms with Crippen molar-refractivity contribution >= 4 is 29.1 Å². The Bertz CT molecular complexity index is 599. The first-order chi connectivity index (χ1) is 11.0. The van der Waals surface area contributed by atoms with Gasteiger partial charge in [-0.25, -0.2) is 0 Å². The standard InChI is InChI=1S/C18H24Cl2N2O/c1-21-11-8-16(18(21)9-4-3-5-10-18)22(2)17(23)13-6-7-14(19)15(20)12-13/h6-7,12,16H,3-5,8-11H2,1-2H3. The maximum Gasteiger partial charge on any atom is 0.253 e. The van der Waals surface area contributed by atoms with E-state index in [0.29, 0.717) is 15.6 Å². The minimum Gasteiger partial charge on any atom is -0.337 e. The topological polar surface area (TPSA) is 23.6 Å². The van der Waals surface area contributed by atoms with Crippen LogP contribution in [0.25, 0.3) is 0 Å². The van der Waals surface area contributed by atoms with Crippen LogP contribution in [0.3, 0.4) is 0 Å². The van der Waals surface area contributed by atoms with E-state index in [2.05, 4.69) is 11.9 Å². The minimum atomic E-state index is 0.0359. The van der Waals surface area contributed by atoms with E-state index >= 15 is 0 Å². The van der Waals surface area contributed by atoms with Crippen molar-refractivity contribution in [1.82, 2.24) is 9.80 Å². The zero-order valence-corrected chi connectivity index (χ0v) is 15.3. The van der Waals surface area contributed by atoms with Crippen molar-refractivity contribution in [3.8, 4) is 0 Å². The van der Waals surface area contributed by atoms with Crippen molar-refractivity contribution in [2.24, 2.45) is 0 Å². The van der Waals surface area contributed by atoms with Gasteiger partial charge in [0.05, 0.1) is 16.1 Å². The van der Waals surface area contributed by atoms with Gasteiger partial charge in [0, 0.05) is 24.7 Å². The Kier molecular flexibility index (Phi) is 4.91. The predicted octanol–water partition coefficient (Wildman–Crippen LogP) is 4.47. The molecule has 1 saturated carbocycles. The van der Waals surface area contributed by atoms with Gasteiger partial charge in [-0.2, -0.15) is 0 Å². The maximum absolute atomic E-state index is 12.9. The lowest BCUT2D eigenvalue weighted by atomic mass is 9.76. The fourth-order valence-electron chi connectivity index (χ4n) is 4.47. The summed E-state index contributed by atoms with van der Waals surface area (Å²) >= 11 is 12.0. The number of benzene rings is 1. The molecule has 5 heteroatoms. The number of carbonyl (C=O) groups excluding carboxylic acids is 1. The molecule has 126 valence electrons. The SMILES string of the molecule is CN(C(=O)c1ccc(Cl)c(Cl)c1)C1CCN(C)C12CCCCC2. The summed E-state index contributed by atoms with van der Waals surface area (Å²) < 4.78 is 0. The summed E-state index contributed by atoms with van der Waals surface area (Å²) in [5.41, 5.74) is 0.765. The number of likely N-dealkylation sites (tertiary alicyclic amines) is 1. The largest absolute Gasteiger partial charge is 0.337 e. The van der Waals surface area contributed by atoms with Gasteiger partial charge in [0.15, 0.2) is 0 Å². The molecule has 0 radical (unpaired) electrons. The molecule has 1 amide bonds. The zero-order chi connectivity index (χ0) is 16.6. The van der Waals surface area contributed by atoms with Crippen molar-refractivity contribution in [2.75, 3.05) is 20.6 Å². The van der Waals surface area contributed by atoms with E-state index in [0.717, 1.165) is 13.0 Å². The van der Waals surface area contributed by atoms with E-state index in [-0.39, 0.29) is 17.5 Å². The highest BCUT2D eigenvalue weighted by molar-refractivity contribution is 6.42. The number of hydrogen-bond acceptors (Lipinski definition) is 2. The van der Waals surface area contributed by atoms with Crippen molar-refractivity contribution < 1.29 is 4.79 Å². The van der Waals surface area contributed by atoms with E-state index in [4.69, 9.17) is 23.2 Å². The molecule has 1 heterocycles. The van der Waals surface area contributed by atoms with Crippen LogP contribution in [0.2, 0.25) is 10.0 Å². The fraction of sp³-hybridized carbons (Fsp3) is 0.611. The van der Waals surface area contributed by atoms with Gasteiger partial charge in [0.25, 0.3) is 5.91 Å². The molecule has 1 unspecified atom stereocenters. The smallest absolute Gasteiger partial charge is 0.253 e. The number of rotatable bonds is 2. The summed E-state index contributed by atoms with van der Waals surface area (Å²) in [6, 6.07) is 5.41. The summed E-state index contributed by atoms with van der Waals surface area (Å²) in [6.45, 7) is 1.06. The third-order valence-electron chi connectivity index (χ3n) is 5.79. The van der Waals surface area contributed by atoms with Crippen LogP contribution in [0.5, 0.6) is 0 Å². The van der Waals surface area contributed by atoms with E-state index in [1.165, 1.54) is 32.1 Å². The Morgan fingerprint density at radius 1 is 1.22 bits per heavy atom. The number of hydrogen-bond donors (Lipinski definition) is 0. The molecule has 23 heavy (non-hydrogen) atoms. The molecular formula is C18H24Cl2N2O. The number of carbonyl (C=O) groups is 1. The molecule has 1 spiro atoms. The third kappa shape index (κ3) is 2.99. The van der Waals surface area contributed by atoms with Crippen LogP contribution in [-0.4, -0.2) is 47.9 Å². The van der Waals surface area contributed by atoms with Gasteiger partial charge >= 0.3 is 0 Å². The second-order valence-electron chi connectivity index (χ2n) is 6.94. The summed E-state index contributed by atoms with van der Waals surface area (Å²) in [4.78, 5) is 17.4. The monoisotopic (exact) mass is 354 g/mol. The highest BCUT2D eigenvalue weighted by Gasteiger charge is 2.49. The molecule has 1 atom stereocenters. The first kappa shape index (κ1) is 17.1. The Balaban J connectivity index is 1.84. The second-order valence-corrected chi connectivity index (χ2v) is 7.75. The number of nitrogens with zero attached hydrogens (tertiary/aromatic N) is 2. The van der Waals surface area contributed by atoms with Crippen LogP contribution < -0.4 is 0 Å². The van der Waals surface area contributed by atoms with Crippen molar-refractivity contribution in [3.05, 3.63) is 33.8 Å². The van der Waals surface area contributed by atoms with E-state index in [9.17, 15) is 4.79 Å². The highest BCUT2D eigenvalue weighted by atomic mass is 35.5. The minimum absolute atomic E-state index is 0.0359. The number of likely N-dealkylation sites (N-methyl/N-ethyl adjacent to an activating group) is 2. The second kappa shape index (κ2) is 6.62. The van der Waals surface area contributed by atoms with E-state index in [1.54, 1.807) is 18.2 Å². The van der Waals surface area contributed by atoms with E-state index in [1.807, 2.05) is 11.9 Å². The van der Waals surface area contributed by atoms with Gasteiger partial charge in [-0.15, -0.1) is 0 Å². The van der Waals surface area contributed by atoms with Crippen LogP contribution in [0.1, 0.15) is 48.9 Å². The predicted molar refractivity (Wildman–Crippen MR) is 95.4 cm³/mol. The molecular weight excluding hydrogens is 331 g/mol. The average Bonchev–Trinajstić information content (AvgIpc) is 2.86. The van der Waals surface area contributed by atoms with Crippen molar-refractivity contribution in [3.63, 3.8) is 0 Å². The molecule has 0 bridgehead atoms.